The zero-order chi connectivity index (χ0) is 13.8. The van der Waals surface area contributed by atoms with Gasteiger partial charge in [0.05, 0.1) is 0 Å². The summed E-state index contributed by atoms with van der Waals surface area (Å²) in [6, 6.07) is 3.17. The molecular weight excluding hydrogens is 249 g/mol. The summed E-state index contributed by atoms with van der Waals surface area (Å²) in [5.74, 6) is -1.96. The first-order chi connectivity index (χ1) is 8.30. The first-order valence-corrected chi connectivity index (χ1v) is 5.33. The molecule has 0 aromatic carbocycles. The molecule has 1 aromatic heterocycles. The number of hydrogen-bond acceptors (Lipinski definition) is 2. The van der Waals surface area contributed by atoms with Gasteiger partial charge in [-0.05, 0) is 25.0 Å². The monoisotopic (exact) mass is 262 g/mol. The molecule has 0 atom stereocenters. The quantitative estimate of drug-likeness (QED) is 0.830. The largest absolute Gasteiger partial charge is 0.471 e. The van der Waals surface area contributed by atoms with E-state index >= 15 is 0 Å². The predicted octanol–water partition coefficient (Wildman–Crippen LogP) is 1.23. The van der Waals surface area contributed by atoms with Crippen molar-refractivity contribution in [2.24, 2.45) is 0 Å². The van der Waals surface area contributed by atoms with Crippen LogP contribution in [0.3, 0.4) is 0 Å². The fourth-order valence-corrected chi connectivity index (χ4v) is 1.34. The van der Waals surface area contributed by atoms with Crippen molar-refractivity contribution in [1.82, 2.24) is 9.88 Å². The Bertz CT molecular complexity index is 480. The molecule has 1 rings (SSSR count). The lowest BCUT2D eigenvalue weighted by Gasteiger charge is -2.08. The van der Waals surface area contributed by atoms with Crippen molar-refractivity contribution in [1.29, 1.82) is 0 Å². The van der Waals surface area contributed by atoms with Crippen molar-refractivity contribution in [3.63, 3.8) is 0 Å². The number of aromatic nitrogens is 1. The molecule has 0 aliphatic carbocycles. The number of hydrogen-bond donors (Lipinski definition) is 1. The van der Waals surface area contributed by atoms with Gasteiger partial charge in [-0.25, -0.2) is 0 Å². The molecule has 0 fully saturated rings. The number of carbonyl (C=O) groups is 1. The third kappa shape index (κ3) is 4.23. The lowest BCUT2D eigenvalue weighted by atomic mass is 10.3. The first kappa shape index (κ1) is 14.3. The zero-order valence-electron chi connectivity index (χ0n) is 9.75. The maximum atomic E-state index is 11.8. The summed E-state index contributed by atoms with van der Waals surface area (Å²) in [6.07, 6.45) is -3.03. The molecule has 0 unspecified atom stereocenters. The number of nitrogens with one attached hydrogen (secondary N) is 1. The van der Waals surface area contributed by atoms with Gasteiger partial charge in [0.25, 0.3) is 5.56 Å². The summed E-state index contributed by atoms with van der Waals surface area (Å²) in [5.41, 5.74) is 0.610. The van der Waals surface area contributed by atoms with Crippen LogP contribution < -0.4 is 10.9 Å². The molecule has 100 valence electrons. The van der Waals surface area contributed by atoms with Crippen molar-refractivity contribution < 1.29 is 18.0 Å². The Hall–Kier alpha value is -1.79. The number of carbonyl (C=O) groups excluding carboxylic acids is 1. The summed E-state index contributed by atoms with van der Waals surface area (Å²) in [7, 11) is 0. The van der Waals surface area contributed by atoms with Crippen LogP contribution in [0.4, 0.5) is 13.2 Å². The number of aryl methyl sites for hydroxylation is 2. The van der Waals surface area contributed by atoms with Gasteiger partial charge < -0.3 is 9.88 Å². The molecule has 0 radical (unpaired) electrons. The van der Waals surface area contributed by atoms with Gasteiger partial charge in [0.15, 0.2) is 0 Å². The minimum absolute atomic E-state index is 0.126. The van der Waals surface area contributed by atoms with Crippen molar-refractivity contribution >= 4 is 5.91 Å². The SMILES string of the molecule is Cc1ccn(CCCNC(=O)C(F)(F)F)c(=O)c1. The fraction of sp³-hybridized carbons (Fsp3) is 0.455. The van der Waals surface area contributed by atoms with Crippen LogP contribution in [0.2, 0.25) is 0 Å². The maximum absolute atomic E-state index is 11.8. The highest BCUT2D eigenvalue weighted by molar-refractivity contribution is 5.81. The zero-order valence-corrected chi connectivity index (χ0v) is 9.75. The molecular formula is C11H13F3N2O2. The van der Waals surface area contributed by atoms with Gasteiger partial charge >= 0.3 is 12.1 Å². The molecule has 0 aliphatic rings. The van der Waals surface area contributed by atoms with E-state index in [2.05, 4.69) is 0 Å². The van der Waals surface area contributed by atoms with E-state index in [-0.39, 0.29) is 25.1 Å². The fourth-order valence-electron chi connectivity index (χ4n) is 1.34. The second-order valence-electron chi connectivity index (χ2n) is 3.84. The topological polar surface area (TPSA) is 51.1 Å². The Morgan fingerprint density at radius 3 is 2.67 bits per heavy atom. The second-order valence-corrected chi connectivity index (χ2v) is 3.84. The molecule has 1 aromatic rings. The third-order valence-corrected chi connectivity index (χ3v) is 2.27. The van der Waals surface area contributed by atoms with E-state index in [4.69, 9.17) is 0 Å². The summed E-state index contributed by atoms with van der Waals surface area (Å²) in [4.78, 5) is 21.9. The van der Waals surface area contributed by atoms with Crippen LogP contribution in [0.5, 0.6) is 0 Å². The molecule has 1 N–H and O–H groups in total. The highest BCUT2D eigenvalue weighted by atomic mass is 19.4. The second kappa shape index (κ2) is 5.70. The van der Waals surface area contributed by atoms with Crippen molar-refractivity contribution in [3.05, 3.63) is 34.2 Å². The lowest BCUT2D eigenvalue weighted by molar-refractivity contribution is -0.173. The molecule has 1 heterocycles. The van der Waals surface area contributed by atoms with Gasteiger partial charge in [-0.2, -0.15) is 13.2 Å². The van der Waals surface area contributed by atoms with Gasteiger partial charge in [0, 0.05) is 25.4 Å². The van der Waals surface area contributed by atoms with Crippen LogP contribution in [0.15, 0.2) is 23.1 Å². The molecule has 18 heavy (non-hydrogen) atoms. The van der Waals surface area contributed by atoms with Crippen LogP contribution in [-0.4, -0.2) is 23.2 Å². The number of pyridine rings is 1. The lowest BCUT2D eigenvalue weighted by Crippen LogP contribution is -2.37. The van der Waals surface area contributed by atoms with Gasteiger partial charge in [-0.1, -0.05) is 0 Å². The molecule has 0 bridgehead atoms. The van der Waals surface area contributed by atoms with Crippen molar-refractivity contribution in [3.8, 4) is 0 Å². The van der Waals surface area contributed by atoms with Gasteiger partial charge in [-0.15, -0.1) is 0 Å². The van der Waals surface area contributed by atoms with Crippen LogP contribution in [0.1, 0.15) is 12.0 Å². The van der Waals surface area contributed by atoms with Crippen LogP contribution >= 0.6 is 0 Å². The van der Waals surface area contributed by atoms with Gasteiger partial charge in [0.2, 0.25) is 0 Å². The Kier molecular flexibility index (Phi) is 4.52. The van der Waals surface area contributed by atoms with E-state index in [9.17, 15) is 22.8 Å². The number of amides is 1. The minimum Gasteiger partial charge on any atom is -0.348 e. The van der Waals surface area contributed by atoms with Crippen LogP contribution in [-0.2, 0) is 11.3 Å². The van der Waals surface area contributed by atoms with Gasteiger partial charge in [-0.3, -0.25) is 9.59 Å². The number of alkyl halides is 3. The number of rotatable bonds is 4. The molecule has 4 nitrogen and oxygen atoms in total. The van der Waals surface area contributed by atoms with E-state index in [1.165, 1.54) is 10.6 Å². The summed E-state index contributed by atoms with van der Waals surface area (Å²) in [5, 5.41) is 1.74. The standard InChI is InChI=1S/C11H13F3N2O2/c1-8-3-6-16(9(17)7-8)5-2-4-15-10(18)11(12,13)14/h3,6-7H,2,4-5H2,1H3,(H,15,18). The Labute approximate surface area is 101 Å². The minimum atomic E-state index is -4.86. The smallest absolute Gasteiger partial charge is 0.348 e. The molecule has 0 saturated heterocycles. The summed E-state index contributed by atoms with van der Waals surface area (Å²) >= 11 is 0. The molecule has 0 saturated carbocycles. The van der Waals surface area contributed by atoms with Gasteiger partial charge in [0.1, 0.15) is 0 Å². The predicted molar refractivity (Wildman–Crippen MR) is 59.1 cm³/mol. The van der Waals surface area contributed by atoms with E-state index < -0.39 is 12.1 Å². The molecule has 0 spiro atoms. The Morgan fingerprint density at radius 1 is 1.44 bits per heavy atom. The van der Waals surface area contributed by atoms with E-state index in [1.807, 2.05) is 0 Å². The molecule has 1 amide bonds. The highest BCUT2D eigenvalue weighted by Crippen LogP contribution is 2.13. The molecule has 7 heteroatoms. The van der Waals surface area contributed by atoms with Crippen molar-refractivity contribution in [2.75, 3.05) is 6.54 Å². The number of halogens is 3. The van der Waals surface area contributed by atoms with Crippen LogP contribution in [0.25, 0.3) is 0 Å². The average Bonchev–Trinajstić information content (AvgIpc) is 2.25. The normalized spacial score (nSPS) is 11.3. The Morgan fingerprint density at radius 2 is 2.11 bits per heavy atom. The highest BCUT2D eigenvalue weighted by Gasteiger charge is 2.38. The van der Waals surface area contributed by atoms with E-state index in [0.29, 0.717) is 0 Å². The Balaban J connectivity index is 2.39. The summed E-state index contributed by atoms with van der Waals surface area (Å²) < 4.78 is 36.9. The van der Waals surface area contributed by atoms with Crippen LogP contribution in [0, 0.1) is 6.92 Å². The summed E-state index contributed by atoms with van der Waals surface area (Å²) in [6.45, 7) is 1.91. The van der Waals surface area contributed by atoms with E-state index in [0.717, 1.165) is 5.56 Å². The van der Waals surface area contributed by atoms with E-state index in [1.54, 1.807) is 24.5 Å². The molecule has 0 aliphatic heterocycles. The number of nitrogens with zero attached hydrogens (tertiary/aromatic N) is 1. The maximum Gasteiger partial charge on any atom is 0.471 e. The third-order valence-electron chi connectivity index (χ3n) is 2.27. The first-order valence-electron chi connectivity index (χ1n) is 5.33. The average molecular weight is 262 g/mol. The van der Waals surface area contributed by atoms with Crippen molar-refractivity contribution in [2.45, 2.75) is 26.1 Å².